The normalized spacial score (nSPS) is 7.67. The van der Waals surface area contributed by atoms with E-state index in [1.807, 2.05) is 0 Å². The summed E-state index contributed by atoms with van der Waals surface area (Å²) in [5.74, 6) is 4.35. The molecule has 6 heavy (non-hydrogen) atoms. The van der Waals surface area contributed by atoms with E-state index >= 15 is 0 Å². The van der Waals surface area contributed by atoms with E-state index in [1.54, 1.807) is 5.48 Å². The van der Waals surface area contributed by atoms with Crippen molar-refractivity contribution >= 4 is 17.9 Å². The largest absolute Gasteiger partial charge is 0.301 e. The number of amides is 1. The summed E-state index contributed by atoms with van der Waals surface area (Å²) in [5.41, 5.74) is 1.71. The third-order valence-electron chi connectivity index (χ3n) is 0.146. The average Bonchev–Trinajstić information content (AvgIpc) is 1.35. The molecule has 0 spiro atoms. The SMILES string of the molecule is NONC(=O)S. The highest BCUT2D eigenvalue weighted by molar-refractivity contribution is 7.96. The number of carbonyl (C=O) groups is 1. The molecule has 0 bridgehead atoms. The number of hydrogen-bond acceptors (Lipinski definition) is 3. The summed E-state index contributed by atoms with van der Waals surface area (Å²) in [7, 11) is 0. The third kappa shape index (κ3) is 3.74. The predicted octanol–water partition coefficient (Wildman–Crippen LogP) is -0.569. The zero-order chi connectivity index (χ0) is 4.99. The highest BCUT2D eigenvalue weighted by Gasteiger charge is 1.81. The number of nitrogens with two attached hydrogens (primary N) is 1. The van der Waals surface area contributed by atoms with Crippen LogP contribution in [0, 0.1) is 0 Å². The van der Waals surface area contributed by atoms with Crippen molar-refractivity contribution in [3.05, 3.63) is 0 Å². The second-order valence-electron chi connectivity index (χ2n) is 0.525. The van der Waals surface area contributed by atoms with Crippen LogP contribution in [-0.2, 0) is 4.94 Å². The summed E-state index contributed by atoms with van der Waals surface area (Å²) >= 11 is 3.22. The summed E-state index contributed by atoms with van der Waals surface area (Å²) in [6.07, 6.45) is 0. The molecular formula is CH4N2O2S. The van der Waals surface area contributed by atoms with Crippen LogP contribution in [0.1, 0.15) is 0 Å². The average molecular weight is 108 g/mol. The molecule has 0 heterocycles. The Balaban J connectivity index is 2.83. The summed E-state index contributed by atoms with van der Waals surface area (Å²) in [6.45, 7) is 0. The van der Waals surface area contributed by atoms with Crippen LogP contribution in [0.15, 0.2) is 0 Å². The minimum Gasteiger partial charge on any atom is -0.260 e. The van der Waals surface area contributed by atoms with Gasteiger partial charge >= 0.3 is 5.24 Å². The second-order valence-corrected chi connectivity index (χ2v) is 0.931. The van der Waals surface area contributed by atoms with Crippen molar-refractivity contribution in [1.82, 2.24) is 5.48 Å². The van der Waals surface area contributed by atoms with E-state index in [-0.39, 0.29) is 0 Å². The van der Waals surface area contributed by atoms with E-state index in [1.165, 1.54) is 0 Å². The zero-order valence-corrected chi connectivity index (χ0v) is 3.74. The van der Waals surface area contributed by atoms with Gasteiger partial charge in [-0.1, -0.05) is 12.6 Å². The van der Waals surface area contributed by atoms with Gasteiger partial charge in [-0.2, -0.15) is 10.8 Å². The van der Waals surface area contributed by atoms with Gasteiger partial charge in [-0.15, -0.1) is 0 Å². The van der Waals surface area contributed by atoms with Crippen LogP contribution >= 0.6 is 12.6 Å². The van der Waals surface area contributed by atoms with E-state index in [4.69, 9.17) is 0 Å². The first-order valence-electron chi connectivity index (χ1n) is 1.12. The van der Waals surface area contributed by atoms with Crippen LogP contribution in [0.25, 0.3) is 0 Å². The molecule has 3 N–H and O–H groups in total. The van der Waals surface area contributed by atoms with Crippen molar-refractivity contribution < 1.29 is 9.73 Å². The van der Waals surface area contributed by atoms with Gasteiger partial charge in [0, 0.05) is 0 Å². The van der Waals surface area contributed by atoms with Crippen molar-refractivity contribution in [2.45, 2.75) is 0 Å². The summed E-state index contributed by atoms with van der Waals surface area (Å²) in [5, 5.41) is -0.613. The fraction of sp³-hybridized carbons (Fsp3) is 0. The standard InChI is InChI=1S/CH4N2O2S/c2-5-3-1(4)6/h2H2,(H2,3,4,6). The van der Waals surface area contributed by atoms with E-state index in [0.29, 0.717) is 0 Å². The molecular weight excluding hydrogens is 104 g/mol. The molecule has 1 amide bonds. The van der Waals surface area contributed by atoms with E-state index in [0.717, 1.165) is 0 Å². The van der Waals surface area contributed by atoms with Crippen LogP contribution < -0.4 is 11.4 Å². The molecule has 0 atom stereocenters. The van der Waals surface area contributed by atoms with Crippen molar-refractivity contribution in [1.29, 1.82) is 0 Å². The topological polar surface area (TPSA) is 64.3 Å². The molecule has 4 nitrogen and oxygen atoms in total. The van der Waals surface area contributed by atoms with Gasteiger partial charge in [0.15, 0.2) is 0 Å². The summed E-state index contributed by atoms with van der Waals surface area (Å²) in [4.78, 5) is 13.2. The zero-order valence-electron chi connectivity index (χ0n) is 2.84. The lowest BCUT2D eigenvalue weighted by atomic mass is 11.4. The lowest BCUT2D eigenvalue weighted by Gasteiger charge is -1.88. The van der Waals surface area contributed by atoms with Crippen LogP contribution in [0.2, 0.25) is 0 Å². The molecule has 36 valence electrons. The number of hydrogen-bond donors (Lipinski definition) is 3. The first-order chi connectivity index (χ1) is 2.77. The van der Waals surface area contributed by atoms with Crippen molar-refractivity contribution in [3.8, 4) is 0 Å². The number of hydroxylamine groups is 1. The number of thiol groups is 1. The van der Waals surface area contributed by atoms with Gasteiger partial charge in [-0.05, 0) is 0 Å². The molecule has 0 unspecified atom stereocenters. The molecule has 0 aliphatic rings. The highest BCUT2D eigenvalue weighted by atomic mass is 32.1. The van der Waals surface area contributed by atoms with Crippen LogP contribution in [0.4, 0.5) is 4.79 Å². The number of nitrogens with one attached hydrogen (secondary N) is 1. The van der Waals surface area contributed by atoms with Gasteiger partial charge in [0.25, 0.3) is 0 Å². The maximum atomic E-state index is 9.59. The molecule has 5 heteroatoms. The Morgan fingerprint density at radius 3 is 2.50 bits per heavy atom. The van der Waals surface area contributed by atoms with Gasteiger partial charge in [-0.25, -0.2) is 5.48 Å². The lowest BCUT2D eigenvalue weighted by Crippen LogP contribution is -2.20. The predicted molar refractivity (Wildman–Crippen MR) is 22.8 cm³/mol. The Labute approximate surface area is 40.0 Å². The molecule has 0 fully saturated rings. The Kier molecular flexibility index (Phi) is 2.82. The number of carbonyl (C=O) groups excluding carboxylic acids is 1. The Bertz CT molecular complexity index is 55.5. The Morgan fingerprint density at radius 1 is 2.00 bits per heavy atom. The molecule has 0 saturated heterocycles. The van der Waals surface area contributed by atoms with Gasteiger partial charge in [0.1, 0.15) is 0 Å². The summed E-state index contributed by atoms with van der Waals surface area (Å²) in [6, 6.07) is 0. The molecule has 0 aliphatic heterocycles. The van der Waals surface area contributed by atoms with Crippen molar-refractivity contribution in [2.75, 3.05) is 0 Å². The second kappa shape index (κ2) is 2.95. The lowest BCUT2D eigenvalue weighted by molar-refractivity contribution is 0.0712. The van der Waals surface area contributed by atoms with Gasteiger partial charge in [0.05, 0.1) is 0 Å². The fourth-order valence-corrected chi connectivity index (χ4v) is 0.103. The molecule has 0 aromatic carbocycles. The van der Waals surface area contributed by atoms with Gasteiger partial charge in [0.2, 0.25) is 0 Å². The van der Waals surface area contributed by atoms with Gasteiger partial charge in [-0.3, -0.25) is 4.79 Å². The maximum absolute atomic E-state index is 9.59. The highest BCUT2D eigenvalue weighted by Crippen LogP contribution is 1.69. The third-order valence-corrected chi connectivity index (χ3v) is 0.238. The smallest absolute Gasteiger partial charge is 0.260 e. The first-order valence-corrected chi connectivity index (χ1v) is 1.56. The van der Waals surface area contributed by atoms with E-state index in [9.17, 15) is 4.79 Å². The maximum Gasteiger partial charge on any atom is 0.301 e. The monoisotopic (exact) mass is 108 g/mol. The van der Waals surface area contributed by atoms with Gasteiger partial charge < -0.3 is 0 Å². The molecule has 0 radical (unpaired) electrons. The summed E-state index contributed by atoms with van der Waals surface area (Å²) < 4.78 is 0. The first kappa shape index (κ1) is 5.74. The van der Waals surface area contributed by atoms with E-state index in [2.05, 4.69) is 23.5 Å². The van der Waals surface area contributed by atoms with Crippen LogP contribution in [-0.4, -0.2) is 5.24 Å². The minimum atomic E-state index is -0.613. The molecule has 0 aromatic heterocycles. The number of rotatable bonds is 1. The Morgan fingerprint density at radius 2 is 2.50 bits per heavy atom. The van der Waals surface area contributed by atoms with Crippen molar-refractivity contribution in [2.24, 2.45) is 5.90 Å². The van der Waals surface area contributed by atoms with Crippen LogP contribution in [0.3, 0.4) is 0 Å². The van der Waals surface area contributed by atoms with Crippen LogP contribution in [0.5, 0.6) is 0 Å². The molecule has 0 aliphatic carbocycles. The minimum absolute atomic E-state index is 0.613. The Hall–Kier alpha value is -0.260. The molecule has 0 aromatic rings. The van der Waals surface area contributed by atoms with Crippen molar-refractivity contribution in [3.63, 3.8) is 0 Å². The molecule has 0 saturated carbocycles. The van der Waals surface area contributed by atoms with E-state index < -0.39 is 5.24 Å². The molecule has 0 rings (SSSR count). The quantitative estimate of drug-likeness (QED) is 0.311. The fourth-order valence-electron chi connectivity index (χ4n) is 0.0504.